The van der Waals surface area contributed by atoms with Gasteiger partial charge in [0.2, 0.25) is 11.8 Å². The largest absolute Gasteiger partial charge is 0.376 e. The lowest BCUT2D eigenvalue weighted by molar-refractivity contribution is -0.130. The van der Waals surface area contributed by atoms with Gasteiger partial charge < -0.3 is 15.1 Å². The highest BCUT2D eigenvalue weighted by molar-refractivity contribution is 5.91. The van der Waals surface area contributed by atoms with Crippen molar-refractivity contribution < 1.29 is 9.59 Å². The van der Waals surface area contributed by atoms with Crippen LogP contribution in [0.25, 0.3) is 0 Å². The number of likely N-dealkylation sites (tertiary alicyclic amines) is 1. The maximum atomic E-state index is 12.2. The summed E-state index contributed by atoms with van der Waals surface area (Å²) in [6.45, 7) is 5.81. The maximum Gasteiger partial charge on any atom is 0.241 e. The van der Waals surface area contributed by atoms with Crippen molar-refractivity contribution in [2.45, 2.75) is 26.7 Å². The molecule has 0 unspecified atom stereocenters. The van der Waals surface area contributed by atoms with E-state index in [2.05, 4.69) is 12.2 Å². The Morgan fingerprint density at radius 2 is 1.82 bits per heavy atom. The molecule has 1 aliphatic heterocycles. The Bertz CT molecular complexity index is 519. The fourth-order valence-corrected chi connectivity index (χ4v) is 2.53. The van der Waals surface area contributed by atoms with E-state index in [1.165, 1.54) is 6.92 Å². The van der Waals surface area contributed by atoms with Crippen molar-refractivity contribution in [3.05, 3.63) is 24.3 Å². The number of nitrogens with one attached hydrogen (secondary N) is 1. The summed E-state index contributed by atoms with van der Waals surface area (Å²) in [5.74, 6) is 0.870. The molecular formula is C17H25N3O2. The highest BCUT2D eigenvalue weighted by Gasteiger charge is 2.19. The number of benzene rings is 1. The van der Waals surface area contributed by atoms with Gasteiger partial charge in [0.25, 0.3) is 0 Å². The summed E-state index contributed by atoms with van der Waals surface area (Å²) in [5, 5.41) is 3.15. The van der Waals surface area contributed by atoms with Gasteiger partial charge in [-0.2, -0.15) is 0 Å². The Labute approximate surface area is 132 Å². The first-order valence-corrected chi connectivity index (χ1v) is 7.83. The van der Waals surface area contributed by atoms with E-state index in [0.29, 0.717) is 6.54 Å². The molecule has 1 heterocycles. The summed E-state index contributed by atoms with van der Waals surface area (Å²) in [4.78, 5) is 27.0. The van der Waals surface area contributed by atoms with E-state index >= 15 is 0 Å². The van der Waals surface area contributed by atoms with Gasteiger partial charge in [-0.3, -0.25) is 9.59 Å². The van der Waals surface area contributed by atoms with Gasteiger partial charge in [0.15, 0.2) is 0 Å². The van der Waals surface area contributed by atoms with Crippen molar-refractivity contribution in [2.75, 3.05) is 36.9 Å². The lowest BCUT2D eigenvalue weighted by Crippen LogP contribution is -2.40. The van der Waals surface area contributed by atoms with Gasteiger partial charge in [-0.1, -0.05) is 6.92 Å². The van der Waals surface area contributed by atoms with Crippen LogP contribution in [0.15, 0.2) is 24.3 Å². The molecule has 0 bridgehead atoms. The van der Waals surface area contributed by atoms with Gasteiger partial charge in [0.1, 0.15) is 0 Å². The van der Waals surface area contributed by atoms with E-state index < -0.39 is 0 Å². The molecule has 0 aliphatic carbocycles. The minimum absolute atomic E-state index is 0.00443. The first-order chi connectivity index (χ1) is 10.5. The van der Waals surface area contributed by atoms with Gasteiger partial charge in [-0.05, 0) is 43.0 Å². The predicted octanol–water partition coefficient (Wildman–Crippen LogP) is 2.34. The molecule has 0 radical (unpaired) electrons. The number of carbonyl (C=O) groups is 2. The van der Waals surface area contributed by atoms with E-state index in [4.69, 9.17) is 0 Å². The summed E-state index contributed by atoms with van der Waals surface area (Å²) in [5.41, 5.74) is 1.73. The van der Waals surface area contributed by atoms with Crippen LogP contribution >= 0.6 is 0 Å². The molecule has 5 heteroatoms. The van der Waals surface area contributed by atoms with E-state index in [1.54, 1.807) is 11.9 Å². The molecule has 1 aliphatic rings. The molecule has 0 aromatic heterocycles. The van der Waals surface area contributed by atoms with Crippen molar-refractivity contribution in [3.63, 3.8) is 0 Å². The zero-order valence-corrected chi connectivity index (χ0v) is 13.6. The normalized spacial score (nSPS) is 15.5. The predicted molar refractivity (Wildman–Crippen MR) is 89.0 cm³/mol. The average Bonchev–Trinajstić information content (AvgIpc) is 2.53. The number of nitrogens with zero attached hydrogens (tertiary/aromatic N) is 2. The highest BCUT2D eigenvalue weighted by atomic mass is 16.2. The van der Waals surface area contributed by atoms with E-state index in [1.807, 2.05) is 29.2 Å². The topological polar surface area (TPSA) is 52.7 Å². The number of hydrogen-bond acceptors (Lipinski definition) is 3. The van der Waals surface area contributed by atoms with Crippen LogP contribution in [0.1, 0.15) is 26.7 Å². The third-order valence-electron chi connectivity index (χ3n) is 4.31. The van der Waals surface area contributed by atoms with Gasteiger partial charge >= 0.3 is 0 Å². The van der Waals surface area contributed by atoms with E-state index in [-0.39, 0.29) is 11.8 Å². The van der Waals surface area contributed by atoms with Crippen LogP contribution in [0.3, 0.4) is 0 Å². The summed E-state index contributed by atoms with van der Waals surface area (Å²) in [6, 6.07) is 7.52. The van der Waals surface area contributed by atoms with E-state index in [9.17, 15) is 9.59 Å². The summed E-state index contributed by atoms with van der Waals surface area (Å²) < 4.78 is 0. The Hall–Kier alpha value is -2.04. The Morgan fingerprint density at radius 3 is 2.36 bits per heavy atom. The molecule has 1 aromatic carbocycles. The van der Waals surface area contributed by atoms with Gasteiger partial charge in [0.05, 0.1) is 6.54 Å². The van der Waals surface area contributed by atoms with Crippen LogP contribution in [0.4, 0.5) is 11.4 Å². The number of piperidine rings is 1. The van der Waals surface area contributed by atoms with Crippen molar-refractivity contribution in [2.24, 2.45) is 5.92 Å². The van der Waals surface area contributed by atoms with Crippen LogP contribution in [0.2, 0.25) is 0 Å². The molecule has 1 N–H and O–H groups in total. The minimum atomic E-state index is -0.00443. The van der Waals surface area contributed by atoms with Crippen LogP contribution in [-0.2, 0) is 9.59 Å². The molecule has 1 saturated heterocycles. The Balaban J connectivity index is 1.84. The van der Waals surface area contributed by atoms with Gasteiger partial charge in [0, 0.05) is 38.4 Å². The Kier molecular flexibility index (Phi) is 5.41. The molecule has 0 saturated carbocycles. The smallest absolute Gasteiger partial charge is 0.241 e. The molecule has 1 aromatic rings. The second-order valence-electron chi connectivity index (χ2n) is 6.04. The number of carbonyl (C=O) groups excluding carboxylic acids is 2. The zero-order valence-electron chi connectivity index (χ0n) is 13.6. The molecule has 120 valence electrons. The second-order valence-corrected chi connectivity index (χ2v) is 6.04. The van der Waals surface area contributed by atoms with Crippen LogP contribution in [-0.4, -0.2) is 43.4 Å². The number of anilines is 2. The second kappa shape index (κ2) is 7.29. The molecule has 0 spiro atoms. The standard InChI is InChI=1S/C17H25N3O2/c1-13-8-10-20(11-9-13)17(22)12-18-15-4-6-16(7-5-15)19(3)14(2)21/h4-7,13,18H,8-12H2,1-3H3. The lowest BCUT2D eigenvalue weighted by atomic mass is 9.99. The first kappa shape index (κ1) is 16.3. The molecule has 5 nitrogen and oxygen atoms in total. The highest BCUT2D eigenvalue weighted by Crippen LogP contribution is 2.18. The van der Waals surface area contributed by atoms with Crippen molar-refractivity contribution in [3.8, 4) is 0 Å². The fraction of sp³-hybridized carbons (Fsp3) is 0.529. The lowest BCUT2D eigenvalue weighted by Gasteiger charge is -2.30. The maximum absolute atomic E-state index is 12.2. The molecule has 2 rings (SSSR count). The summed E-state index contributed by atoms with van der Waals surface area (Å²) in [7, 11) is 1.74. The van der Waals surface area contributed by atoms with Crippen molar-refractivity contribution in [1.29, 1.82) is 0 Å². The van der Waals surface area contributed by atoms with Crippen molar-refractivity contribution in [1.82, 2.24) is 4.90 Å². The zero-order chi connectivity index (χ0) is 16.1. The van der Waals surface area contributed by atoms with Crippen molar-refractivity contribution >= 4 is 23.2 Å². The number of amides is 2. The molecule has 22 heavy (non-hydrogen) atoms. The fourth-order valence-electron chi connectivity index (χ4n) is 2.53. The summed E-state index contributed by atoms with van der Waals surface area (Å²) in [6.07, 6.45) is 2.19. The summed E-state index contributed by atoms with van der Waals surface area (Å²) >= 11 is 0. The third-order valence-corrected chi connectivity index (χ3v) is 4.31. The molecular weight excluding hydrogens is 278 g/mol. The number of rotatable bonds is 4. The SMILES string of the molecule is CC(=O)N(C)c1ccc(NCC(=O)N2CCC(C)CC2)cc1. The minimum Gasteiger partial charge on any atom is -0.376 e. The van der Waals surface area contributed by atoms with Crippen LogP contribution in [0, 0.1) is 5.92 Å². The van der Waals surface area contributed by atoms with Crippen LogP contribution < -0.4 is 10.2 Å². The molecule has 1 fully saturated rings. The first-order valence-electron chi connectivity index (χ1n) is 7.83. The van der Waals surface area contributed by atoms with Gasteiger partial charge in [-0.15, -0.1) is 0 Å². The van der Waals surface area contributed by atoms with Crippen LogP contribution in [0.5, 0.6) is 0 Å². The third kappa shape index (κ3) is 4.23. The van der Waals surface area contributed by atoms with Gasteiger partial charge in [-0.25, -0.2) is 0 Å². The average molecular weight is 303 g/mol. The van der Waals surface area contributed by atoms with E-state index in [0.717, 1.165) is 43.2 Å². The number of hydrogen-bond donors (Lipinski definition) is 1. The quantitative estimate of drug-likeness (QED) is 0.929. The molecule has 2 amide bonds. The molecule has 0 atom stereocenters. The monoisotopic (exact) mass is 303 g/mol. The Morgan fingerprint density at radius 1 is 1.23 bits per heavy atom.